The molecule has 0 saturated carbocycles. The van der Waals surface area contributed by atoms with E-state index in [4.69, 9.17) is 28.9 Å². The molecule has 0 bridgehead atoms. The van der Waals surface area contributed by atoms with E-state index >= 15 is 0 Å². The normalized spacial score (nSPS) is 18.5. The fraction of sp³-hybridized carbons (Fsp3) is 0.429. The molecule has 0 fully saturated rings. The summed E-state index contributed by atoms with van der Waals surface area (Å²) >= 11 is 14.0. The van der Waals surface area contributed by atoms with Crippen molar-refractivity contribution in [3.05, 3.63) is 45.4 Å². The highest BCUT2D eigenvalue weighted by Gasteiger charge is 2.26. The van der Waals surface area contributed by atoms with Crippen LogP contribution >= 0.6 is 35.0 Å². The number of rotatable bonds is 4. The summed E-state index contributed by atoms with van der Waals surface area (Å²) in [6, 6.07) is 1.99. The molecule has 1 aromatic rings. The van der Waals surface area contributed by atoms with E-state index in [1.807, 2.05) is 19.1 Å². The number of pyridine rings is 1. The summed E-state index contributed by atoms with van der Waals surface area (Å²) in [6.07, 6.45) is 5.22. The summed E-state index contributed by atoms with van der Waals surface area (Å²) < 4.78 is 14.0. The molecule has 162 valence electrons. The molecule has 2 heterocycles. The third-order valence-electron chi connectivity index (χ3n) is 5.16. The van der Waals surface area contributed by atoms with Gasteiger partial charge in [-0.15, -0.1) is 11.8 Å². The molecule has 1 aliphatic carbocycles. The summed E-state index contributed by atoms with van der Waals surface area (Å²) in [5.41, 5.74) is 8.82. The second-order valence-electron chi connectivity index (χ2n) is 7.51. The van der Waals surface area contributed by atoms with Crippen LogP contribution < -0.4 is 5.73 Å². The van der Waals surface area contributed by atoms with Crippen molar-refractivity contribution >= 4 is 52.4 Å². The Hall–Kier alpha value is -1.70. The van der Waals surface area contributed by atoms with Crippen LogP contribution in [0, 0.1) is 0 Å². The van der Waals surface area contributed by atoms with E-state index in [1.165, 1.54) is 11.8 Å². The monoisotopic (exact) mass is 470 g/mol. The van der Waals surface area contributed by atoms with Gasteiger partial charge in [0.25, 0.3) is 0 Å². The van der Waals surface area contributed by atoms with Crippen molar-refractivity contribution in [1.82, 2.24) is 14.8 Å². The number of nitrogen functional groups attached to an aromatic ring is 1. The van der Waals surface area contributed by atoms with Gasteiger partial charge in [0, 0.05) is 55.7 Å². The highest BCUT2D eigenvalue weighted by Crippen LogP contribution is 2.43. The van der Waals surface area contributed by atoms with E-state index in [9.17, 15) is 9.18 Å². The Morgan fingerprint density at radius 3 is 2.70 bits per heavy atom. The summed E-state index contributed by atoms with van der Waals surface area (Å²) in [6.45, 7) is 3.13. The van der Waals surface area contributed by atoms with Gasteiger partial charge in [0.1, 0.15) is 11.6 Å². The highest BCUT2D eigenvalue weighted by molar-refractivity contribution is 8.00. The molecule has 1 atom stereocenters. The van der Waals surface area contributed by atoms with Crippen LogP contribution in [-0.4, -0.2) is 53.2 Å². The maximum atomic E-state index is 14.0. The third-order valence-corrected chi connectivity index (χ3v) is 7.13. The summed E-state index contributed by atoms with van der Waals surface area (Å²) in [5, 5.41) is 0.517. The minimum atomic E-state index is -0.326. The van der Waals surface area contributed by atoms with Gasteiger partial charge in [0.2, 0.25) is 0 Å². The van der Waals surface area contributed by atoms with Gasteiger partial charge in [-0.25, -0.2) is 14.2 Å². The largest absolute Gasteiger partial charge is 0.383 e. The van der Waals surface area contributed by atoms with E-state index in [0.29, 0.717) is 35.9 Å². The van der Waals surface area contributed by atoms with Gasteiger partial charge in [0.15, 0.2) is 0 Å². The number of aromatic nitrogens is 1. The molecule has 0 spiro atoms. The second-order valence-corrected chi connectivity index (χ2v) is 9.72. The molecule has 5 nitrogen and oxygen atoms in total. The summed E-state index contributed by atoms with van der Waals surface area (Å²) in [5.74, 6) is 0.0806. The Labute approximate surface area is 190 Å². The number of amides is 2. The number of hydrogen-bond acceptors (Lipinski definition) is 4. The van der Waals surface area contributed by atoms with E-state index < -0.39 is 0 Å². The fourth-order valence-corrected chi connectivity index (χ4v) is 5.52. The molecule has 0 aromatic carbocycles. The van der Waals surface area contributed by atoms with Gasteiger partial charge in [-0.05, 0) is 37.0 Å². The molecule has 9 heteroatoms. The van der Waals surface area contributed by atoms with Crippen LogP contribution in [0.2, 0.25) is 0 Å². The van der Waals surface area contributed by atoms with Gasteiger partial charge >= 0.3 is 6.03 Å². The first-order valence-corrected chi connectivity index (χ1v) is 11.3. The number of thioether (sulfide) groups is 1. The van der Waals surface area contributed by atoms with Crippen LogP contribution in [0.15, 0.2) is 44.7 Å². The smallest absolute Gasteiger partial charge is 0.319 e. The van der Waals surface area contributed by atoms with Crippen molar-refractivity contribution in [2.45, 2.75) is 36.3 Å². The van der Waals surface area contributed by atoms with Crippen molar-refractivity contribution in [2.24, 2.45) is 0 Å². The number of allylic oxidation sites excluding steroid dienone is 3. The van der Waals surface area contributed by atoms with Gasteiger partial charge in [0.05, 0.1) is 9.93 Å². The molecule has 30 heavy (non-hydrogen) atoms. The van der Waals surface area contributed by atoms with E-state index in [2.05, 4.69) is 4.98 Å². The zero-order chi connectivity index (χ0) is 22.0. The molecule has 2 N–H and O–H groups in total. The van der Waals surface area contributed by atoms with Crippen LogP contribution in [0.1, 0.15) is 31.7 Å². The van der Waals surface area contributed by atoms with Crippen molar-refractivity contribution < 1.29 is 9.18 Å². The van der Waals surface area contributed by atoms with Crippen LogP contribution in [-0.2, 0) is 0 Å². The maximum absolute atomic E-state index is 14.0. The number of carbonyl (C=O) groups excluding carboxylic acids is 1. The summed E-state index contributed by atoms with van der Waals surface area (Å²) in [7, 11) is 3.49. The second kappa shape index (κ2) is 9.62. The zero-order valence-electron chi connectivity index (χ0n) is 17.2. The number of hydrogen-bond donors (Lipinski definition) is 1. The predicted molar refractivity (Wildman–Crippen MR) is 123 cm³/mol. The molecule has 2 aliphatic rings. The molecular formula is C21H25Cl2FN4OS. The molecule has 0 saturated heterocycles. The van der Waals surface area contributed by atoms with Crippen LogP contribution in [0.25, 0.3) is 5.57 Å². The minimum absolute atomic E-state index is 0.000557. The SMILES string of the molecule is CC(Sc1cc(C2=CCN(C(=O)N(C)C)CC2)cnc1N)C1=C(Cl)CCC(F)=C1Cl. The number of halogens is 3. The number of nitrogens with zero attached hydrogens (tertiary/aromatic N) is 3. The topological polar surface area (TPSA) is 62.5 Å². The standard InChI is InChI=1S/C21H25Cl2FN4OS/c1-12(18-15(22)4-5-16(24)19(18)23)30-17-10-14(11-26-20(17)25)13-6-8-28(9-7-13)21(29)27(2)3/h6,10-12H,4-5,7-9H2,1-3H3,(H2,25,26). The lowest BCUT2D eigenvalue weighted by Crippen LogP contribution is -2.41. The van der Waals surface area contributed by atoms with Crippen molar-refractivity contribution in [2.75, 3.05) is 32.9 Å². The number of nitrogens with two attached hydrogens (primary N) is 1. The van der Waals surface area contributed by atoms with Gasteiger partial charge in [-0.1, -0.05) is 29.3 Å². The van der Waals surface area contributed by atoms with Crippen molar-refractivity contribution in [3.63, 3.8) is 0 Å². The molecule has 0 radical (unpaired) electrons. The Morgan fingerprint density at radius 1 is 1.33 bits per heavy atom. The highest BCUT2D eigenvalue weighted by atomic mass is 35.5. The first-order valence-electron chi connectivity index (χ1n) is 9.70. The van der Waals surface area contributed by atoms with Crippen LogP contribution in [0.4, 0.5) is 15.0 Å². The maximum Gasteiger partial charge on any atom is 0.319 e. The molecule has 1 unspecified atom stereocenters. The van der Waals surface area contributed by atoms with Crippen LogP contribution in [0.3, 0.4) is 0 Å². The molecular weight excluding hydrogens is 446 g/mol. The molecule has 2 amide bonds. The van der Waals surface area contributed by atoms with Gasteiger partial charge in [-0.2, -0.15) is 0 Å². The van der Waals surface area contributed by atoms with Crippen LogP contribution in [0.5, 0.6) is 0 Å². The molecule has 3 rings (SSSR count). The van der Waals surface area contributed by atoms with E-state index in [0.717, 1.165) is 22.5 Å². The third kappa shape index (κ3) is 4.95. The zero-order valence-corrected chi connectivity index (χ0v) is 19.5. The van der Waals surface area contributed by atoms with Gasteiger partial charge in [-0.3, -0.25) is 0 Å². The Kier molecular flexibility index (Phi) is 7.37. The lowest BCUT2D eigenvalue weighted by molar-refractivity contribution is 0.176. The average Bonchev–Trinajstić information content (AvgIpc) is 2.72. The van der Waals surface area contributed by atoms with E-state index in [1.54, 1.807) is 30.1 Å². The van der Waals surface area contributed by atoms with E-state index in [-0.39, 0.29) is 28.6 Å². The van der Waals surface area contributed by atoms with Crippen molar-refractivity contribution in [1.29, 1.82) is 0 Å². The lowest BCUT2D eigenvalue weighted by Gasteiger charge is -2.29. The predicted octanol–water partition coefficient (Wildman–Crippen LogP) is 5.62. The Balaban J connectivity index is 1.79. The fourth-order valence-electron chi connectivity index (χ4n) is 3.49. The van der Waals surface area contributed by atoms with Gasteiger partial charge < -0.3 is 15.5 Å². The number of anilines is 1. The lowest BCUT2D eigenvalue weighted by atomic mass is 10.0. The molecule has 1 aromatic heterocycles. The Bertz CT molecular complexity index is 945. The Morgan fingerprint density at radius 2 is 2.07 bits per heavy atom. The quantitative estimate of drug-likeness (QED) is 0.579. The first-order chi connectivity index (χ1) is 14.2. The number of urea groups is 1. The molecule has 1 aliphatic heterocycles. The van der Waals surface area contributed by atoms with Crippen molar-refractivity contribution in [3.8, 4) is 0 Å². The minimum Gasteiger partial charge on any atom is -0.383 e. The first kappa shape index (κ1) is 23.0. The number of carbonyl (C=O) groups is 1. The average molecular weight is 471 g/mol. The summed E-state index contributed by atoms with van der Waals surface area (Å²) in [4.78, 5) is 20.6.